The van der Waals surface area contributed by atoms with E-state index in [0.29, 0.717) is 5.92 Å². The molecule has 17 heavy (non-hydrogen) atoms. The van der Waals surface area contributed by atoms with Gasteiger partial charge in [-0.25, -0.2) is 0 Å². The Bertz CT molecular complexity index is 384. The fourth-order valence-electron chi connectivity index (χ4n) is 2.57. The van der Waals surface area contributed by atoms with Crippen LogP contribution in [0.25, 0.3) is 0 Å². The number of anilines is 1. The highest BCUT2D eigenvalue weighted by Crippen LogP contribution is 2.32. The zero-order valence-electron chi connectivity index (χ0n) is 11.0. The van der Waals surface area contributed by atoms with Crippen molar-refractivity contribution in [2.75, 3.05) is 5.32 Å². The summed E-state index contributed by atoms with van der Waals surface area (Å²) in [7, 11) is 0. The van der Waals surface area contributed by atoms with E-state index in [1.54, 1.807) is 0 Å². The van der Waals surface area contributed by atoms with E-state index < -0.39 is 5.60 Å². The molecule has 2 heteroatoms. The van der Waals surface area contributed by atoms with Gasteiger partial charge in [0.25, 0.3) is 0 Å². The van der Waals surface area contributed by atoms with Crippen LogP contribution in [0.5, 0.6) is 0 Å². The summed E-state index contributed by atoms with van der Waals surface area (Å²) in [5.41, 5.74) is 1.91. The molecule has 0 heterocycles. The third-order valence-corrected chi connectivity index (χ3v) is 3.82. The summed E-state index contributed by atoms with van der Waals surface area (Å²) in [5, 5.41) is 13.7. The number of rotatable bonds is 3. The quantitative estimate of drug-likeness (QED) is 0.837. The van der Waals surface area contributed by atoms with E-state index in [1.807, 2.05) is 6.92 Å². The van der Waals surface area contributed by atoms with Gasteiger partial charge in [-0.1, -0.05) is 26.0 Å². The van der Waals surface area contributed by atoms with Crippen molar-refractivity contribution in [1.82, 2.24) is 0 Å². The molecule has 0 saturated heterocycles. The molecule has 0 spiro atoms. The molecule has 0 aliphatic heterocycles. The van der Waals surface area contributed by atoms with Crippen LogP contribution in [0, 0.1) is 0 Å². The Labute approximate surface area is 104 Å². The van der Waals surface area contributed by atoms with Crippen molar-refractivity contribution < 1.29 is 5.11 Å². The van der Waals surface area contributed by atoms with Gasteiger partial charge in [0, 0.05) is 5.69 Å². The molecule has 1 saturated carbocycles. The first kappa shape index (κ1) is 12.4. The predicted molar refractivity (Wildman–Crippen MR) is 72.4 cm³/mol. The number of benzene rings is 1. The minimum atomic E-state index is -0.562. The van der Waals surface area contributed by atoms with Crippen molar-refractivity contribution in [2.24, 2.45) is 0 Å². The first-order valence-corrected chi connectivity index (χ1v) is 6.58. The zero-order valence-corrected chi connectivity index (χ0v) is 11.0. The van der Waals surface area contributed by atoms with Crippen LogP contribution < -0.4 is 5.32 Å². The number of aliphatic hydroxyl groups is 1. The summed E-state index contributed by atoms with van der Waals surface area (Å²) in [6, 6.07) is 8.70. The summed E-state index contributed by atoms with van der Waals surface area (Å²) in [5.74, 6) is 0.542. The van der Waals surface area contributed by atoms with Gasteiger partial charge < -0.3 is 10.4 Å². The lowest BCUT2D eigenvalue weighted by molar-refractivity contribution is 0.0578. The Balaban J connectivity index is 2.11. The molecule has 1 aliphatic rings. The van der Waals surface area contributed by atoms with Gasteiger partial charge in [0.1, 0.15) is 0 Å². The van der Waals surface area contributed by atoms with Crippen LogP contribution in [0.15, 0.2) is 24.3 Å². The zero-order chi connectivity index (χ0) is 12.5. The molecule has 2 nitrogen and oxygen atoms in total. The SMILES string of the molecule is CC(C)c1cccc(NC2CCCC2(C)O)c1. The van der Waals surface area contributed by atoms with E-state index in [9.17, 15) is 5.11 Å². The molecule has 2 N–H and O–H groups in total. The lowest BCUT2D eigenvalue weighted by Gasteiger charge is -2.27. The summed E-state index contributed by atoms with van der Waals surface area (Å²) < 4.78 is 0. The lowest BCUT2D eigenvalue weighted by atomic mass is 9.99. The molecule has 2 atom stereocenters. The lowest BCUT2D eigenvalue weighted by Crippen LogP contribution is -2.39. The highest BCUT2D eigenvalue weighted by molar-refractivity contribution is 5.48. The number of nitrogens with one attached hydrogen (secondary N) is 1. The molecule has 2 rings (SSSR count). The van der Waals surface area contributed by atoms with E-state index in [2.05, 4.69) is 43.4 Å². The minimum Gasteiger partial charge on any atom is -0.388 e. The minimum absolute atomic E-state index is 0.185. The number of hydrogen-bond donors (Lipinski definition) is 2. The molecule has 94 valence electrons. The second kappa shape index (κ2) is 4.69. The maximum absolute atomic E-state index is 10.2. The van der Waals surface area contributed by atoms with Crippen LogP contribution in [-0.2, 0) is 0 Å². The van der Waals surface area contributed by atoms with E-state index >= 15 is 0 Å². The Kier molecular flexibility index (Phi) is 3.43. The van der Waals surface area contributed by atoms with Gasteiger partial charge in [0.05, 0.1) is 11.6 Å². The summed E-state index contributed by atoms with van der Waals surface area (Å²) >= 11 is 0. The van der Waals surface area contributed by atoms with Crippen LogP contribution in [0.1, 0.15) is 51.5 Å². The fourth-order valence-corrected chi connectivity index (χ4v) is 2.57. The van der Waals surface area contributed by atoms with Crippen molar-refractivity contribution in [2.45, 2.75) is 57.6 Å². The van der Waals surface area contributed by atoms with Gasteiger partial charge in [0.15, 0.2) is 0 Å². The standard InChI is InChI=1S/C15H23NO/c1-11(2)12-6-4-7-13(10-12)16-14-8-5-9-15(14,3)17/h4,6-7,10-11,14,16-17H,5,8-9H2,1-3H3. The topological polar surface area (TPSA) is 32.3 Å². The second-order valence-corrected chi connectivity index (χ2v) is 5.73. The first-order valence-electron chi connectivity index (χ1n) is 6.58. The third-order valence-electron chi connectivity index (χ3n) is 3.82. The largest absolute Gasteiger partial charge is 0.388 e. The molecule has 1 aromatic rings. The Morgan fingerprint density at radius 1 is 1.41 bits per heavy atom. The average molecular weight is 233 g/mol. The third kappa shape index (κ3) is 2.81. The Hall–Kier alpha value is -1.02. The van der Waals surface area contributed by atoms with E-state index in [-0.39, 0.29) is 6.04 Å². The van der Waals surface area contributed by atoms with E-state index in [0.717, 1.165) is 24.9 Å². The highest BCUT2D eigenvalue weighted by atomic mass is 16.3. The van der Waals surface area contributed by atoms with Gasteiger partial charge >= 0.3 is 0 Å². The van der Waals surface area contributed by atoms with Crippen LogP contribution in [0.4, 0.5) is 5.69 Å². The van der Waals surface area contributed by atoms with Crippen molar-refractivity contribution in [1.29, 1.82) is 0 Å². The summed E-state index contributed by atoms with van der Waals surface area (Å²) in [4.78, 5) is 0. The van der Waals surface area contributed by atoms with E-state index in [1.165, 1.54) is 5.56 Å². The van der Waals surface area contributed by atoms with Crippen molar-refractivity contribution in [3.05, 3.63) is 29.8 Å². The van der Waals surface area contributed by atoms with Gasteiger partial charge in [0.2, 0.25) is 0 Å². The molecular formula is C15H23NO. The monoisotopic (exact) mass is 233 g/mol. The van der Waals surface area contributed by atoms with Crippen LogP contribution >= 0.6 is 0 Å². The van der Waals surface area contributed by atoms with E-state index in [4.69, 9.17) is 0 Å². The van der Waals surface area contributed by atoms with Gasteiger partial charge in [-0.2, -0.15) is 0 Å². The molecule has 1 aliphatic carbocycles. The van der Waals surface area contributed by atoms with Crippen LogP contribution in [0.3, 0.4) is 0 Å². The maximum atomic E-state index is 10.2. The molecule has 1 aromatic carbocycles. The first-order chi connectivity index (χ1) is 7.99. The molecule has 0 aromatic heterocycles. The van der Waals surface area contributed by atoms with Gasteiger partial charge in [-0.3, -0.25) is 0 Å². The van der Waals surface area contributed by atoms with Crippen molar-refractivity contribution >= 4 is 5.69 Å². The fraction of sp³-hybridized carbons (Fsp3) is 0.600. The van der Waals surface area contributed by atoms with Gasteiger partial charge in [-0.15, -0.1) is 0 Å². The average Bonchev–Trinajstić information content (AvgIpc) is 2.59. The molecule has 2 unspecified atom stereocenters. The molecule has 0 amide bonds. The summed E-state index contributed by atoms with van der Waals surface area (Å²) in [6.45, 7) is 6.33. The second-order valence-electron chi connectivity index (χ2n) is 5.73. The van der Waals surface area contributed by atoms with Gasteiger partial charge in [-0.05, 0) is 49.8 Å². The number of hydrogen-bond acceptors (Lipinski definition) is 2. The molecular weight excluding hydrogens is 210 g/mol. The molecule has 1 fully saturated rings. The Morgan fingerprint density at radius 2 is 2.18 bits per heavy atom. The maximum Gasteiger partial charge on any atom is 0.0819 e. The summed E-state index contributed by atoms with van der Waals surface area (Å²) in [6.07, 6.45) is 3.06. The molecule has 0 radical (unpaired) electrons. The normalized spacial score (nSPS) is 28.6. The van der Waals surface area contributed by atoms with Crippen LogP contribution in [-0.4, -0.2) is 16.7 Å². The van der Waals surface area contributed by atoms with Crippen LogP contribution in [0.2, 0.25) is 0 Å². The smallest absolute Gasteiger partial charge is 0.0819 e. The van der Waals surface area contributed by atoms with Crippen molar-refractivity contribution in [3.8, 4) is 0 Å². The molecule has 0 bridgehead atoms. The predicted octanol–water partition coefficient (Wildman–Crippen LogP) is 3.53. The van der Waals surface area contributed by atoms with Crippen molar-refractivity contribution in [3.63, 3.8) is 0 Å². The Morgan fingerprint density at radius 3 is 2.76 bits per heavy atom. The highest BCUT2D eigenvalue weighted by Gasteiger charge is 2.36.